The first-order chi connectivity index (χ1) is 5.91. The number of aliphatic hydroxyl groups is 2. The van der Waals surface area contributed by atoms with Gasteiger partial charge in [0.2, 0.25) is 0 Å². The average molecular weight is 177 g/mol. The topological polar surface area (TPSA) is 61.7 Å². The van der Waals surface area contributed by atoms with E-state index in [1.165, 1.54) is 12.8 Å². The summed E-state index contributed by atoms with van der Waals surface area (Å²) in [6.45, 7) is 3.42. The van der Waals surface area contributed by atoms with Crippen LogP contribution in [0, 0.1) is 0 Å². The number of hydrogen-bond acceptors (Lipinski definition) is 4. The summed E-state index contributed by atoms with van der Waals surface area (Å²) in [7, 11) is 0. The van der Waals surface area contributed by atoms with Crippen LogP contribution in [0.25, 0.3) is 0 Å². The van der Waals surface area contributed by atoms with Crippen molar-refractivity contribution < 1.29 is 14.9 Å². The van der Waals surface area contributed by atoms with Crippen molar-refractivity contribution in [1.29, 1.82) is 0 Å². The molecular formula is C8H19NO3. The molecular weight excluding hydrogens is 158 g/mol. The van der Waals surface area contributed by atoms with Crippen LogP contribution in [0.3, 0.4) is 0 Å². The fourth-order valence-electron chi connectivity index (χ4n) is 0.793. The predicted octanol–water partition coefficient (Wildman–Crippen LogP) is -0.643. The Hall–Kier alpha value is -0.160. The summed E-state index contributed by atoms with van der Waals surface area (Å²) in [6, 6.07) is 0. The molecule has 74 valence electrons. The standard InChI is InChI=1S/C4H11NO2.C4H8O/c6-3-1-5-2-4-7;1-2-4-5-3-1/h5-7H,1-4H2;1-4H2. The van der Waals surface area contributed by atoms with Gasteiger partial charge in [-0.3, -0.25) is 0 Å². The van der Waals surface area contributed by atoms with E-state index in [2.05, 4.69) is 5.32 Å². The SMILES string of the molecule is C1CCOC1.OCCNCCO. The van der Waals surface area contributed by atoms with Crippen LogP contribution in [-0.2, 0) is 4.74 Å². The zero-order chi connectivity index (χ0) is 9.07. The van der Waals surface area contributed by atoms with Gasteiger partial charge in [0, 0.05) is 26.3 Å². The molecule has 0 radical (unpaired) electrons. The van der Waals surface area contributed by atoms with E-state index in [4.69, 9.17) is 14.9 Å². The Kier molecular flexibility index (Phi) is 10.7. The number of nitrogens with one attached hydrogen (secondary N) is 1. The van der Waals surface area contributed by atoms with Crippen molar-refractivity contribution in [2.24, 2.45) is 0 Å². The molecule has 1 aliphatic heterocycles. The second kappa shape index (κ2) is 10.8. The van der Waals surface area contributed by atoms with Crippen molar-refractivity contribution in [2.45, 2.75) is 12.8 Å². The molecule has 0 aromatic rings. The Labute approximate surface area is 73.5 Å². The monoisotopic (exact) mass is 177 g/mol. The normalized spacial score (nSPS) is 15.5. The van der Waals surface area contributed by atoms with Crippen molar-refractivity contribution in [2.75, 3.05) is 39.5 Å². The van der Waals surface area contributed by atoms with Gasteiger partial charge in [-0.1, -0.05) is 0 Å². The third kappa shape index (κ3) is 9.84. The largest absolute Gasteiger partial charge is 0.395 e. The van der Waals surface area contributed by atoms with Crippen LogP contribution in [0.15, 0.2) is 0 Å². The zero-order valence-electron chi connectivity index (χ0n) is 7.46. The summed E-state index contributed by atoms with van der Waals surface area (Å²) < 4.78 is 4.94. The summed E-state index contributed by atoms with van der Waals surface area (Å²) in [6.07, 6.45) is 2.56. The molecule has 0 unspecified atom stereocenters. The molecule has 0 aliphatic carbocycles. The molecule has 1 saturated heterocycles. The van der Waals surface area contributed by atoms with E-state index in [0.717, 1.165) is 13.2 Å². The van der Waals surface area contributed by atoms with Crippen LogP contribution in [0.5, 0.6) is 0 Å². The van der Waals surface area contributed by atoms with E-state index < -0.39 is 0 Å². The molecule has 1 fully saturated rings. The van der Waals surface area contributed by atoms with Crippen LogP contribution < -0.4 is 5.32 Å². The lowest BCUT2D eigenvalue weighted by Crippen LogP contribution is -2.21. The summed E-state index contributed by atoms with van der Waals surface area (Å²) in [5, 5.41) is 19.1. The van der Waals surface area contributed by atoms with E-state index in [9.17, 15) is 0 Å². The van der Waals surface area contributed by atoms with Gasteiger partial charge in [-0.05, 0) is 12.8 Å². The van der Waals surface area contributed by atoms with Crippen LogP contribution in [0.2, 0.25) is 0 Å². The maximum absolute atomic E-state index is 8.15. The van der Waals surface area contributed by atoms with Crippen LogP contribution in [0.1, 0.15) is 12.8 Å². The van der Waals surface area contributed by atoms with Crippen molar-refractivity contribution >= 4 is 0 Å². The molecule has 1 rings (SSSR count). The summed E-state index contributed by atoms with van der Waals surface area (Å²) >= 11 is 0. The molecule has 0 amide bonds. The van der Waals surface area contributed by atoms with E-state index in [-0.39, 0.29) is 13.2 Å². The van der Waals surface area contributed by atoms with E-state index in [0.29, 0.717) is 13.1 Å². The van der Waals surface area contributed by atoms with Gasteiger partial charge in [0.05, 0.1) is 13.2 Å². The van der Waals surface area contributed by atoms with E-state index in [1.807, 2.05) is 0 Å². The van der Waals surface area contributed by atoms with Crippen molar-refractivity contribution in [3.05, 3.63) is 0 Å². The second-order valence-electron chi connectivity index (χ2n) is 2.52. The van der Waals surface area contributed by atoms with Crippen LogP contribution >= 0.6 is 0 Å². The highest BCUT2D eigenvalue weighted by atomic mass is 16.5. The molecule has 3 N–H and O–H groups in total. The third-order valence-electron chi connectivity index (χ3n) is 1.40. The van der Waals surface area contributed by atoms with Gasteiger partial charge >= 0.3 is 0 Å². The lowest BCUT2D eigenvalue weighted by Gasteiger charge is -1.94. The number of ether oxygens (including phenoxy) is 1. The highest BCUT2D eigenvalue weighted by Gasteiger charge is 1.94. The second-order valence-corrected chi connectivity index (χ2v) is 2.52. The quantitative estimate of drug-likeness (QED) is 0.500. The van der Waals surface area contributed by atoms with Gasteiger partial charge < -0.3 is 20.3 Å². The number of aliphatic hydroxyl groups excluding tert-OH is 2. The molecule has 1 aliphatic rings. The van der Waals surface area contributed by atoms with Gasteiger partial charge in [0.15, 0.2) is 0 Å². The fraction of sp³-hybridized carbons (Fsp3) is 1.00. The van der Waals surface area contributed by atoms with Gasteiger partial charge in [-0.15, -0.1) is 0 Å². The molecule has 4 nitrogen and oxygen atoms in total. The van der Waals surface area contributed by atoms with Crippen molar-refractivity contribution in [3.8, 4) is 0 Å². The fourth-order valence-corrected chi connectivity index (χ4v) is 0.793. The lowest BCUT2D eigenvalue weighted by molar-refractivity contribution is 0.198. The van der Waals surface area contributed by atoms with E-state index in [1.54, 1.807) is 0 Å². The predicted molar refractivity (Wildman–Crippen MR) is 47.1 cm³/mol. The van der Waals surface area contributed by atoms with Crippen LogP contribution in [0.4, 0.5) is 0 Å². The van der Waals surface area contributed by atoms with Crippen LogP contribution in [-0.4, -0.2) is 49.7 Å². The summed E-state index contributed by atoms with van der Waals surface area (Å²) in [5.41, 5.74) is 0. The minimum Gasteiger partial charge on any atom is -0.395 e. The van der Waals surface area contributed by atoms with Crippen molar-refractivity contribution in [1.82, 2.24) is 5.32 Å². The Morgan fingerprint density at radius 1 is 1.00 bits per heavy atom. The Bertz CT molecular complexity index is 65.1. The van der Waals surface area contributed by atoms with Crippen molar-refractivity contribution in [3.63, 3.8) is 0 Å². The van der Waals surface area contributed by atoms with Gasteiger partial charge in [-0.2, -0.15) is 0 Å². The molecule has 4 heteroatoms. The Balaban J connectivity index is 0.000000211. The Morgan fingerprint density at radius 3 is 1.75 bits per heavy atom. The molecule has 0 atom stereocenters. The third-order valence-corrected chi connectivity index (χ3v) is 1.40. The van der Waals surface area contributed by atoms with E-state index >= 15 is 0 Å². The first kappa shape index (κ1) is 11.8. The van der Waals surface area contributed by atoms with Gasteiger partial charge in [-0.25, -0.2) is 0 Å². The number of rotatable bonds is 4. The molecule has 0 saturated carbocycles. The first-order valence-electron chi connectivity index (χ1n) is 4.42. The van der Waals surface area contributed by atoms with Gasteiger partial charge in [0.1, 0.15) is 0 Å². The maximum Gasteiger partial charge on any atom is 0.0555 e. The lowest BCUT2D eigenvalue weighted by atomic mass is 10.4. The molecule has 12 heavy (non-hydrogen) atoms. The minimum absolute atomic E-state index is 0.139. The highest BCUT2D eigenvalue weighted by molar-refractivity contribution is 4.43. The molecule has 0 aromatic carbocycles. The molecule has 0 spiro atoms. The van der Waals surface area contributed by atoms with Gasteiger partial charge in [0.25, 0.3) is 0 Å². The first-order valence-corrected chi connectivity index (χ1v) is 4.42. The maximum atomic E-state index is 8.15. The molecule has 1 heterocycles. The molecule has 0 aromatic heterocycles. The highest BCUT2D eigenvalue weighted by Crippen LogP contribution is 1.98. The Morgan fingerprint density at radius 2 is 1.50 bits per heavy atom. The smallest absolute Gasteiger partial charge is 0.0555 e. The molecule has 0 bridgehead atoms. The zero-order valence-corrected chi connectivity index (χ0v) is 7.46. The average Bonchev–Trinajstić information content (AvgIpc) is 2.62. The summed E-state index contributed by atoms with van der Waals surface area (Å²) in [4.78, 5) is 0. The summed E-state index contributed by atoms with van der Waals surface area (Å²) in [5.74, 6) is 0. The minimum atomic E-state index is 0.139. The number of hydrogen-bond donors (Lipinski definition) is 3.